The van der Waals surface area contributed by atoms with Crippen molar-refractivity contribution in [2.45, 2.75) is 13.5 Å². The molecule has 0 aromatic carbocycles. The normalized spacial score (nSPS) is 9.83. The second kappa shape index (κ2) is 3.51. The van der Waals surface area contributed by atoms with Crippen molar-refractivity contribution in [2.24, 2.45) is 0 Å². The molecule has 0 unspecified atom stereocenters. The van der Waals surface area contributed by atoms with E-state index in [4.69, 9.17) is 15.6 Å². The molecule has 0 aliphatic carbocycles. The molecule has 1 rings (SSSR count). The molecular formula is C6H8N2O3S. The molecule has 1 heterocycles. The quantitative estimate of drug-likeness (QED) is 0.645. The van der Waals surface area contributed by atoms with E-state index < -0.39 is 5.97 Å². The van der Waals surface area contributed by atoms with Crippen LogP contribution in [0.25, 0.3) is 0 Å². The lowest BCUT2D eigenvalue weighted by molar-refractivity contribution is -0.131. The van der Waals surface area contributed by atoms with Gasteiger partial charge in [-0.25, -0.2) is 4.98 Å². The largest absolute Gasteiger partial charge is 0.413 e. The molecule has 5 nitrogen and oxygen atoms in total. The smallest absolute Gasteiger partial charge is 0.308 e. The molecule has 0 aliphatic rings. The van der Waals surface area contributed by atoms with Gasteiger partial charge in [-0.05, 0) is 0 Å². The maximum atomic E-state index is 10.5. The summed E-state index contributed by atoms with van der Waals surface area (Å²) in [7, 11) is 0. The van der Waals surface area contributed by atoms with Gasteiger partial charge in [0.25, 0.3) is 0 Å². The highest BCUT2D eigenvalue weighted by molar-refractivity contribution is 7.17. The van der Waals surface area contributed by atoms with Crippen LogP contribution in [0.1, 0.15) is 12.6 Å². The summed E-state index contributed by atoms with van der Waals surface area (Å²) in [5, 5.41) is 9.28. The summed E-state index contributed by atoms with van der Waals surface area (Å²) < 4.78 is 4.73. The SMILES string of the molecule is CC(=O)Oc1sc(N)nc1CO. The molecule has 12 heavy (non-hydrogen) atoms. The zero-order valence-corrected chi connectivity index (χ0v) is 7.22. The highest BCUT2D eigenvalue weighted by Crippen LogP contribution is 2.28. The first kappa shape index (κ1) is 8.95. The number of nitrogen functional groups attached to an aromatic ring is 1. The summed E-state index contributed by atoms with van der Waals surface area (Å²) >= 11 is 1.03. The van der Waals surface area contributed by atoms with Crippen LogP contribution in [0, 0.1) is 0 Å². The summed E-state index contributed by atoms with van der Waals surface area (Å²) in [6.07, 6.45) is 0. The maximum Gasteiger partial charge on any atom is 0.308 e. The molecule has 1 aromatic heterocycles. The molecule has 6 heteroatoms. The number of nitrogens with two attached hydrogens (primary N) is 1. The molecule has 0 radical (unpaired) electrons. The number of nitrogens with zero attached hydrogens (tertiary/aromatic N) is 1. The van der Waals surface area contributed by atoms with Gasteiger partial charge in [0.2, 0.25) is 5.06 Å². The fraction of sp³-hybridized carbons (Fsp3) is 0.333. The van der Waals surface area contributed by atoms with E-state index >= 15 is 0 Å². The molecule has 0 bridgehead atoms. The third-order valence-corrected chi connectivity index (χ3v) is 1.87. The second-order valence-corrected chi connectivity index (χ2v) is 3.03. The number of thiazole rings is 1. The number of aliphatic hydroxyl groups is 1. The standard InChI is InChI=1S/C6H8N2O3S/c1-3(10)11-5-4(2-9)8-6(7)12-5/h9H,2H2,1H3,(H2,7,8). The van der Waals surface area contributed by atoms with Crippen molar-refractivity contribution >= 4 is 22.4 Å². The third kappa shape index (κ3) is 1.93. The van der Waals surface area contributed by atoms with Crippen LogP contribution in [-0.2, 0) is 11.4 Å². The summed E-state index contributed by atoms with van der Waals surface area (Å²) in [4.78, 5) is 14.3. The van der Waals surface area contributed by atoms with Crippen LogP contribution in [0.5, 0.6) is 5.06 Å². The summed E-state index contributed by atoms with van der Waals surface area (Å²) in [6, 6.07) is 0. The number of anilines is 1. The minimum Gasteiger partial charge on any atom is -0.413 e. The number of aromatic nitrogens is 1. The number of aliphatic hydroxyl groups excluding tert-OH is 1. The molecule has 0 aliphatic heterocycles. The van der Waals surface area contributed by atoms with E-state index in [1.807, 2.05) is 0 Å². The van der Waals surface area contributed by atoms with E-state index in [2.05, 4.69) is 4.98 Å². The van der Waals surface area contributed by atoms with E-state index in [0.29, 0.717) is 5.69 Å². The average Bonchev–Trinajstić information content (AvgIpc) is 2.29. The van der Waals surface area contributed by atoms with Crippen molar-refractivity contribution in [3.05, 3.63) is 5.69 Å². The molecule has 0 spiro atoms. The van der Waals surface area contributed by atoms with Gasteiger partial charge < -0.3 is 15.6 Å². The Kier molecular flexibility index (Phi) is 2.61. The van der Waals surface area contributed by atoms with Gasteiger partial charge in [0, 0.05) is 6.92 Å². The van der Waals surface area contributed by atoms with Crippen molar-refractivity contribution in [3.63, 3.8) is 0 Å². The van der Waals surface area contributed by atoms with Crippen LogP contribution in [0.3, 0.4) is 0 Å². The van der Waals surface area contributed by atoms with E-state index in [1.54, 1.807) is 0 Å². The minimum atomic E-state index is -0.451. The van der Waals surface area contributed by atoms with E-state index in [1.165, 1.54) is 6.92 Å². The Morgan fingerprint density at radius 2 is 2.50 bits per heavy atom. The number of hydrogen-bond acceptors (Lipinski definition) is 6. The zero-order valence-electron chi connectivity index (χ0n) is 6.40. The van der Waals surface area contributed by atoms with E-state index in [9.17, 15) is 4.79 Å². The molecule has 66 valence electrons. The fourth-order valence-corrected chi connectivity index (χ4v) is 1.40. The predicted molar refractivity (Wildman–Crippen MR) is 43.8 cm³/mol. The topological polar surface area (TPSA) is 85.4 Å². The molecule has 0 atom stereocenters. The lowest BCUT2D eigenvalue weighted by atomic mass is 10.5. The van der Waals surface area contributed by atoms with Crippen LogP contribution in [0.4, 0.5) is 5.13 Å². The third-order valence-electron chi connectivity index (χ3n) is 1.06. The van der Waals surface area contributed by atoms with Crippen molar-refractivity contribution in [2.75, 3.05) is 5.73 Å². The molecule has 0 amide bonds. The molecule has 0 saturated heterocycles. The van der Waals surface area contributed by atoms with Gasteiger partial charge in [-0.1, -0.05) is 11.3 Å². The van der Waals surface area contributed by atoms with Crippen molar-refractivity contribution < 1.29 is 14.6 Å². The van der Waals surface area contributed by atoms with Crippen LogP contribution < -0.4 is 10.5 Å². The van der Waals surface area contributed by atoms with Crippen LogP contribution in [0.15, 0.2) is 0 Å². The van der Waals surface area contributed by atoms with Gasteiger partial charge >= 0.3 is 5.97 Å². The predicted octanol–water partition coefficient (Wildman–Crippen LogP) is 0.143. The van der Waals surface area contributed by atoms with Gasteiger partial charge in [-0.3, -0.25) is 4.79 Å². The van der Waals surface area contributed by atoms with E-state index in [0.717, 1.165) is 11.3 Å². The Morgan fingerprint density at radius 3 is 3.00 bits per heavy atom. The van der Waals surface area contributed by atoms with Crippen molar-refractivity contribution in [1.29, 1.82) is 0 Å². The first-order valence-electron chi connectivity index (χ1n) is 3.18. The Labute approximate surface area is 72.8 Å². The first-order valence-corrected chi connectivity index (χ1v) is 3.99. The lowest BCUT2D eigenvalue weighted by Crippen LogP contribution is -2.01. The second-order valence-electron chi connectivity index (χ2n) is 2.04. The summed E-state index contributed by atoms with van der Waals surface area (Å²) in [5.41, 5.74) is 5.63. The van der Waals surface area contributed by atoms with Crippen molar-refractivity contribution in [1.82, 2.24) is 4.98 Å². The molecule has 3 N–H and O–H groups in total. The summed E-state index contributed by atoms with van der Waals surface area (Å²) in [6.45, 7) is 0.993. The van der Waals surface area contributed by atoms with Gasteiger partial charge in [0.15, 0.2) is 5.13 Å². The molecular weight excluding hydrogens is 180 g/mol. The monoisotopic (exact) mass is 188 g/mol. The molecule has 0 saturated carbocycles. The van der Waals surface area contributed by atoms with Crippen LogP contribution >= 0.6 is 11.3 Å². The number of carbonyl (C=O) groups excluding carboxylic acids is 1. The van der Waals surface area contributed by atoms with Crippen molar-refractivity contribution in [3.8, 4) is 5.06 Å². The number of rotatable bonds is 2. The number of esters is 1. The first-order chi connectivity index (χ1) is 5.63. The number of hydrogen-bond donors (Lipinski definition) is 2. The zero-order chi connectivity index (χ0) is 9.14. The maximum absolute atomic E-state index is 10.5. The highest BCUT2D eigenvalue weighted by atomic mass is 32.1. The van der Waals surface area contributed by atoms with E-state index in [-0.39, 0.29) is 16.8 Å². The number of ether oxygens (including phenoxy) is 1. The van der Waals surface area contributed by atoms with Crippen LogP contribution in [-0.4, -0.2) is 16.1 Å². The van der Waals surface area contributed by atoms with Gasteiger partial charge in [0.05, 0.1) is 6.61 Å². The Bertz CT molecular complexity index is 297. The Hall–Kier alpha value is -1.14. The highest BCUT2D eigenvalue weighted by Gasteiger charge is 2.11. The number of carbonyl (C=O) groups is 1. The lowest BCUT2D eigenvalue weighted by Gasteiger charge is -1.96. The summed E-state index contributed by atoms with van der Waals surface area (Å²) in [5.74, 6) is -0.451. The van der Waals surface area contributed by atoms with Gasteiger partial charge in [-0.2, -0.15) is 0 Å². The molecule has 1 aromatic rings. The average molecular weight is 188 g/mol. The minimum absolute atomic E-state index is 0.266. The fourth-order valence-electron chi connectivity index (χ4n) is 0.666. The molecule has 0 fully saturated rings. The van der Waals surface area contributed by atoms with Gasteiger partial charge in [0.1, 0.15) is 5.69 Å². The Morgan fingerprint density at radius 1 is 1.83 bits per heavy atom. The van der Waals surface area contributed by atoms with Crippen LogP contribution in [0.2, 0.25) is 0 Å². The van der Waals surface area contributed by atoms with Gasteiger partial charge in [-0.15, -0.1) is 0 Å². The Balaban J connectivity index is 2.89.